The quantitative estimate of drug-likeness (QED) is 0.557. The van der Waals surface area contributed by atoms with E-state index in [-0.39, 0.29) is 22.8 Å². The zero-order chi connectivity index (χ0) is 13.0. The smallest absolute Gasteiger partial charge is 0.161 e. The van der Waals surface area contributed by atoms with Gasteiger partial charge in [0.25, 0.3) is 0 Å². The van der Waals surface area contributed by atoms with Crippen LogP contribution in [0.15, 0.2) is 6.07 Å². The van der Waals surface area contributed by atoms with E-state index < -0.39 is 18.5 Å². The molecule has 92 valence electrons. The molecule has 0 spiro atoms. The molecule has 1 unspecified atom stereocenters. The number of nitrogens with one attached hydrogen (secondary N) is 1. The van der Waals surface area contributed by atoms with Gasteiger partial charge < -0.3 is 15.5 Å². The molecule has 0 amide bonds. The molecule has 3 N–H and O–H groups in total. The summed E-state index contributed by atoms with van der Waals surface area (Å²) in [4.78, 5) is 0. The number of benzene rings is 1. The monoisotopic (exact) mass is 370 g/mol. The Morgan fingerprint density at radius 3 is 2.82 bits per heavy atom. The molecule has 0 saturated carbocycles. The van der Waals surface area contributed by atoms with Gasteiger partial charge in [-0.15, -0.1) is 0 Å². The molecule has 1 atom stereocenters. The second-order valence-corrected chi connectivity index (χ2v) is 4.80. The lowest BCUT2D eigenvalue weighted by Gasteiger charge is -2.14. The molecule has 0 aromatic heterocycles. The van der Waals surface area contributed by atoms with E-state index in [1.54, 1.807) is 6.07 Å². The number of nitriles is 1. The maximum absolute atomic E-state index is 13.5. The Balaban J connectivity index is 3.07. The van der Waals surface area contributed by atoms with Gasteiger partial charge in [0, 0.05) is 10.1 Å². The van der Waals surface area contributed by atoms with Crippen molar-refractivity contribution in [3.8, 4) is 6.07 Å². The van der Waals surface area contributed by atoms with Gasteiger partial charge in [-0.3, -0.25) is 0 Å². The van der Waals surface area contributed by atoms with Crippen molar-refractivity contribution in [3.05, 3.63) is 26.0 Å². The Labute approximate surface area is 116 Å². The summed E-state index contributed by atoms with van der Waals surface area (Å²) in [5.74, 6) is -0.796. The summed E-state index contributed by atoms with van der Waals surface area (Å²) in [6.45, 7) is -0.399. The number of aliphatic hydroxyl groups excluding tert-OH is 2. The fraction of sp³-hybridized carbons (Fsp3) is 0.300. The molecule has 0 heterocycles. The Bertz CT molecular complexity index is 465. The van der Waals surface area contributed by atoms with Gasteiger partial charge in [-0.2, -0.15) is 5.26 Å². The molecule has 0 saturated heterocycles. The Hall–Kier alpha value is -0.620. The van der Waals surface area contributed by atoms with Crippen LogP contribution in [0.3, 0.4) is 0 Å². The van der Waals surface area contributed by atoms with Crippen LogP contribution in [0, 0.1) is 20.7 Å². The fourth-order valence-corrected chi connectivity index (χ4v) is 2.32. The molecule has 0 fully saturated rings. The van der Waals surface area contributed by atoms with Crippen LogP contribution in [0.4, 0.5) is 10.1 Å². The third-order valence-corrected chi connectivity index (χ3v) is 3.13. The largest absolute Gasteiger partial charge is 0.394 e. The van der Waals surface area contributed by atoms with Crippen molar-refractivity contribution in [2.24, 2.45) is 0 Å². The summed E-state index contributed by atoms with van der Waals surface area (Å²) in [5, 5.41) is 29.3. The van der Waals surface area contributed by atoms with Crippen molar-refractivity contribution in [1.82, 2.24) is 0 Å². The average Bonchev–Trinajstić information content (AvgIpc) is 2.31. The molecular formula is C10H9ClFIN2O2. The highest BCUT2D eigenvalue weighted by Crippen LogP contribution is 2.30. The lowest BCUT2D eigenvalue weighted by Crippen LogP contribution is -2.23. The molecule has 17 heavy (non-hydrogen) atoms. The Morgan fingerprint density at radius 2 is 2.29 bits per heavy atom. The number of halogens is 3. The van der Waals surface area contributed by atoms with Crippen LogP contribution < -0.4 is 5.32 Å². The van der Waals surface area contributed by atoms with Gasteiger partial charge in [0.2, 0.25) is 0 Å². The van der Waals surface area contributed by atoms with Gasteiger partial charge in [-0.25, -0.2) is 4.39 Å². The standard InChI is InChI=1S/C10H9ClFIN2O2/c11-7-1-8(13)10(6(2-14)9(7)12)15-3-5(17)4-16/h1,5,15-17H,3-4H2. The minimum atomic E-state index is -0.976. The van der Waals surface area contributed by atoms with Crippen molar-refractivity contribution in [3.63, 3.8) is 0 Å². The second kappa shape index (κ2) is 6.35. The van der Waals surface area contributed by atoms with Crippen LogP contribution in [0.2, 0.25) is 5.02 Å². The zero-order valence-corrected chi connectivity index (χ0v) is 11.5. The van der Waals surface area contributed by atoms with E-state index in [2.05, 4.69) is 5.32 Å². The predicted molar refractivity (Wildman–Crippen MR) is 70.4 cm³/mol. The highest BCUT2D eigenvalue weighted by atomic mass is 127. The number of aliphatic hydroxyl groups is 2. The summed E-state index contributed by atoms with van der Waals surface area (Å²) in [6.07, 6.45) is -0.976. The van der Waals surface area contributed by atoms with Crippen molar-refractivity contribution >= 4 is 39.9 Å². The van der Waals surface area contributed by atoms with Crippen LogP contribution in [0.25, 0.3) is 0 Å². The van der Waals surface area contributed by atoms with E-state index in [4.69, 9.17) is 22.0 Å². The van der Waals surface area contributed by atoms with Crippen molar-refractivity contribution in [2.45, 2.75) is 6.10 Å². The topological polar surface area (TPSA) is 76.3 Å². The van der Waals surface area contributed by atoms with Gasteiger partial charge in [0.05, 0.1) is 23.4 Å². The van der Waals surface area contributed by atoms with E-state index in [0.29, 0.717) is 3.57 Å². The van der Waals surface area contributed by atoms with Gasteiger partial charge in [-0.1, -0.05) is 11.6 Å². The summed E-state index contributed by atoms with van der Waals surface area (Å²) in [5.41, 5.74) is 0.0644. The maximum Gasteiger partial charge on any atom is 0.161 e. The molecule has 0 radical (unpaired) electrons. The van der Waals surface area contributed by atoms with Crippen LogP contribution in [-0.2, 0) is 0 Å². The zero-order valence-electron chi connectivity index (χ0n) is 8.54. The first kappa shape index (κ1) is 14.4. The first-order chi connectivity index (χ1) is 8.01. The molecule has 0 aliphatic rings. The Kier molecular flexibility index (Phi) is 5.39. The molecule has 7 heteroatoms. The molecule has 1 rings (SSSR count). The molecule has 4 nitrogen and oxygen atoms in total. The van der Waals surface area contributed by atoms with Gasteiger partial charge in [0.15, 0.2) is 5.82 Å². The normalized spacial score (nSPS) is 12.0. The van der Waals surface area contributed by atoms with Gasteiger partial charge >= 0.3 is 0 Å². The van der Waals surface area contributed by atoms with E-state index in [1.165, 1.54) is 6.07 Å². The van der Waals surface area contributed by atoms with E-state index >= 15 is 0 Å². The SMILES string of the molecule is N#Cc1c(F)c(Cl)cc(I)c1NCC(O)CO. The Morgan fingerprint density at radius 1 is 1.65 bits per heavy atom. The van der Waals surface area contributed by atoms with E-state index in [0.717, 1.165) is 0 Å². The van der Waals surface area contributed by atoms with Gasteiger partial charge in [-0.05, 0) is 28.7 Å². The fourth-order valence-electron chi connectivity index (χ4n) is 1.16. The summed E-state index contributed by atoms with van der Waals surface area (Å²) >= 11 is 7.51. The van der Waals surface area contributed by atoms with E-state index in [9.17, 15) is 9.50 Å². The third kappa shape index (κ3) is 3.42. The highest BCUT2D eigenvalue weighted by Gasteiger charge is 2.16. The van der Waals surface area contributed by atoms with E-state index in [1.807, 2.05) is 22.6 Å². The first-order valence-electron chi connectivity index (χ1n) is 4.61. The molecule has 0 aliphatic carbocycles. The molecule has 1 aromatic carbocycles. The number of anilines is 1. The third-order valence-electron chi connectivity index (χ3n) is 2.01. The van der Waals surface area contributed by atoms with Crippen molar-refractivity contribution in [1.29, 1.82) is 5.26 Å². The number of rotatable bonds is 4. The summed E-state index contributed by atoms with van der Waals surface area (Å²) in [6, 6.07) is 3.10. The lowest BCUT2D eigenvalue weighted by molar-refractivity contribution is 0.105. The van der Waals surface area contributed by atoms with Crippen molar-refractivity contribution < 1.29 is 14.6 Å². The number of hydrogen-bond acceptors (Lipinski definition) is 4. The highest BCUT2D eigenvalue weighted by molar-refractivity contribution is 14.1. The first-order valence-corrected chi connectivity index (χ1v) is 6.07. The summed E-state index contributed by atoms with van der Waals surface area (Å²) in [7, 11) is 0. The maximum atomic E-state index is 13.5. The predicted octanol–water partition coefficient (Wildman–Crippen LogP) is 1.72. The van der Waals surface area contributed by atoms with Crippen LogP contribution in [0.5, 0.6) is 0 Å². The molecular weight excluding hydrogens is 361 g/mol. The van der Waals surface area contributed by atoms with Crippen molar-refractivity contribution in [2.75, 3.05) is 18.5 Å². The number of hydrogen-bond donors (Lipinski definition) is 3. The van der Waals surface area contributed by atoms with Crippen LogP contribution in [0.1, 0.15) is 5.56 Å². The average molecular weight is 371 g/mol. The number of nitrogens with zero attached hydrogens (tertiary/aromatic N) is 1. The molecule has 0 bridgehead atoms. The summed E-state index contributed by atoms with van der Waals surface area (Å²) < 4.78 is 14.1. The van der Waals surface area contributed by atoms with Crippen LogP contribution in [-0.4, -0.2) is 29.5 Å². The lowest BCUT2D eigenvalue weighted by atomic mass is 10.1. The minimum absolute atomic E-state index is 0.0161. The van der Waals surface area contributed by atoms with Gasteiger partial charge in [0.1, 0.15) is 11.6 Å². The minimum Gasteiger partial charge on any atom is -0.394 e. The second-order valence-electron chi connectivity index (χ2n) is 3.23. The molecule has 0 aliphatic heterocycles. The molecule has 1 aromatic rings. The van der Waals surface area contributed by atoms with Crippen LogP contribution >= 0.6 is 34.2 Å².